The zero-order valence-electron chi connectivity index (χ0n) is 10.3. The predicted octanol–water partition coefficient (Wildman–Crippen LogP) is 1.13. The summed E-state index contributed by atoms with van der Waals surface area (Å²) in [6, 6.07) is 0. The van der Waals surface area contributed by atoms with Gasteiger partial charge in [0.2, 0.25) is 5.91 Å². The Morgan fingerprint density at radius 2 is 2.35 bits per heavy atom. The van der Waals surface area contributed by atoms with Crippen LogP contribution in [-0.4, -0.2) is 30.1 Å². The van der Waals surface area contributed by atoms with Crippen molar-refractivity contribution in [3.8, 4) is 0 Å². The first kappa shape index (κ1) is 12.1. The molecule has 2 heterocycles. The lowest BCUT2D eigenvalue weighted by atomic mass is 10.2. The quantitative estimate of drug-likeness (QED) is 0.854. The topological polar surface area (TPSA) is 64.4 Å². The van der Waals surface area contributed by atoms with Gasteiger partial charge in [0.05, 0.1) is 18.2 Å². The van der Waals surface area contributed by atoms with Crippen LogP contribution in [0.3, 0.4) is 0 Å². The lowest BCUT2D eigenvalue weighted by molar-refractivity contribution is -0.121. The zero-order valence-corrected chi connectivity index (χ0v) is 10.3. The van der Waals surface area contributed by atoms with Crippen LogP contribution in [0.15, 0.2) is 4.42 Å². The summed E-state index contributed by atoms with van der Waals surface area (Å²) in [5.74, 6) is 1.21. The summed E-state index contributed by atoms with van der Waals surface area (Å²) in [5, 5.41) is 2.86. The van der Waals surface area contributed by atoms with E-state index in [0.717, 1.165) is 25.1 Å². The van der Waals surface area contributed by atoms with E-state index >= 15 is 0 Å². The van der Waals surface area contributed by atoms with Crippen molar-refractivity contribution in [2.24, 2.45) is 0 Å². The zero-order chi connectivity index (χ0) is 12.3. The average molecular weight is 238 g/mol. The molecule has 5 nitrogen and oxygen atoms in total. The van der Waals surface area contributed by atoms with Crippen molar-refractivity contribution in [2.45, 2.75) is 39.2 Å². The Labute approximate surface area is 101 Å². The number of aryl methyl sites for hydroxylation is 2. The molecule has 1 amide bonds. The molecule has 1 aliphatic heterocycles. The number of carbonyl (C=O) groups is 1. The van der Waals surface area contributed by atoms with Crippen LogP contribution in [0.1, 0.15) is 30.2 Å². The third kappa shape index (κ3) is 3.30. The monoisotopic (exact) mass is 238 g/mol. The number of rotatable bonds is 4. The Hall–Kier alpha value is -1.36. The highest BCUT2D eigenvalue weighted by atomic mass is 16.5. The second-order valence-electron chi connectivity index (χ2n) is 4.36. The predicted molar refractivity (Wildman–Crippen MR) is 61.7 cm³/mol. The maximum absolute atomic E-state index is 11.7. The first-order valence-corrected chi connectivity index (χ1v) is 5.96. The molecule has 1 aromatic rings. The van der Waals surface area contributed by atoms with Crippen molar-refractivity contribution in [2.75, 3.05) is 13.2 Å². The molecule has 5 heteroatoms. The van der Waals surface area contributed by atoms with Gasteiger partial charge in [-0.3, -0.25) is 4.79 Å². The van der Waals surface area contributed by atoms with Gasteiger partial charge in [-0.05, 0) is 19.8 Å². The van der Waals surface area contributed by atoms with Crippen molar-refractivity contribution in [3.05, 3.63) is 17.3 Å². The lowest BCUT2D eigenvalue weighted by Gasteiger charge is -2.10. The summed E-state index contributed by atoms with van der Waals surface area (Å²) in [6.07, 6.45) is 2.54. The highest BCUT2D eigenvalue weighted by molar-refractivity contribution is 5.78. The van der Waals surface area contributed by atoms with Crippen LogP contribution in [0.25, 0.3) is 0 Å². The molecule has 0 aromatic carbocycles. The largest absolute Gasteiger partial charge is 0.445 e. The Morgan fingerprint density at radius 3 is 2.94 bits per heavy atom. The SMILES string of the molecule is Cc1nc(C)c(CC(=O)NCC2CCCO2)o1. The van der Waals surface area contributed by atoms with E-state index in [1.165, 1.54) is 0 Å². The van der Waals surface area contributed by atoms with Crippen LogP contribution in [0, 0.1) is 13.8 Å². The lowest BCUT2D eigenvalue weighted by Crippen LogP contribution is -2.32. The van der Waals surface area contributed by atoms with E-state index in [0.29, 0.717) is 18.2 Å². The summed E-state index contributed by atoms with van der Waals surface area (Å²) in [6.45, 7) is 5.02. The Bertz CT molecular complexity index is 394. The number of hydrogen-bond donors (Lipinski definition) is 1. The molecule has 0 bridgehead atoms. The van der Waals surface area contributed by atoms with Crippen molar-refractivity contribution in [1.82, 2.24) is 10.3 Å². The maximum Gasteiger partial charge on any atom is 0.227 e. The number of oxazole rings is 1. The molecule has 17 heavy (non-hydrogen) atoms. The summed E-state index contributed by atoms with van der Waals surface area (Å²) in [4.78, 5) is 15.8. The number of ether oxygens (including phenoxy) is 1. The van der Waals surface area contributed by atoms with Crippen LogP contribution in [0.5, 0.6) is 0 Å². The standard InChI is InChI=1S/C12H18N2O3/c1-8-11(17-9(2)14-8)6-12(15)13-7-10-4-3-5-16-10/h10H,3-7H2,1-2H3,(H,13,15). The van der Waals surface area contributed by atoms with Crippen LogP contribution in [-0.2, 0) is 16.0 Å². The molecule has 1 aromatic heterocycles. The third-order valence-electron chi connectivity index (χ3n) is 2.87. The summed E-state index contributed by atoms with van der Waals surface area (Å²) >= 11 is 0. The molecular formula is C12H18N2O3. The fourth-order valence-corrected chi connectivity index (χ4v) is 1.98. The molecule has 1 atom stereocenters. The van der Waals surface area contributed by atoms with Gasteiger partial charge in [0.1, 0.15) is 5.76 Å². The van der Waals surface area contributed by atoms with Crippen LogP contribution < -0.4 is 5.32 Å². The van der Waals surface area contributed by atoms with Gasteiger partial charge < -0.3 is 14.5 Å². The minimum Gasteiger partial charge on any atom is -0.445 e. The molecule has 0 aliphatic carbocycles. The molecule has 94 valence electrons. The van der Waals surface area contributed by atoms with Gasteiger partial charge >= 0.3 is 0 Å². The van der Waals surface area contributed by atoms with Crippen LogP contribution in [0.2, 0.25) is 0 Å². The van der Waals surface area contributed by atoms with E-state index < -0.39 is 0 Å². The number of hydrogen-bond acceptors (Lipinski definition) is 4. The summed E-state index contributed by atoms with van der Waals surface area (Å²) in [5.41, 5.74) is 0.787. The maximum atomic E-state index is 11.7. The van der Waals surface area contributed by atoms with Crippen LogP contribution in [0.4, 0.5) is 0 Å². The normalized spacial score (nSPS) is 19.5. The number of nitrogens with zero attached hydrogens (tertiary/aromatic N) is 1. The molecule has 1 fully saturated rings. The van der Waals surface area contributed by atoms with E-state index in [4.69, 9.17) is 9.15 Å². The van der Waals surface area contributed by atoms with E-state index in [9.17, 15) is 4.79 Å². The Kier molecular flexibility index (Phi) is 3.78. The average Bonchev–Trinajstić information content (AvgIpc) is 2.87. The van der Waals surface area contributed by atoms with Gasteiger partial charge in [0.25, 0.3) is 0 Å². The van der Waals surface area contributed by atoms with Crippen molar-refractivity contribution in [3.63, 3.8) is 0 Å². The number of nitrogens with one attached hydrogen (secondary N) is 1. The highest BCUT2D eigenvalue weighted by Gasteiger charge is 2.17. The van der Waals surface area contributed by atoms with Gasteiger partial charge in [0, 0.05) is 20.1 Å². The van der Waals surface area contributed by atoms with Crippen molar-refractivity contribution in [1.29, 1.82) is 0 Å². The molecule has 0 spiro atoms. The van der Waals surface area contributed by atoms with E-state index in [1.54, 1.807) is 6.92 Å². The summed E-state index contributed by atoms with van der Waals surface area (Å²) < 4.78 is 10.8. The van der Waals surface area contributed by atoms with Gasteiger partial charge in [-0.25, -0.2) is 4.98 Å². The minimum absolute atomic E-state index is 0.0419. The summed E-state index contributed by atoms with van der Waals surface area (Å²) in [7, 11) is 0. The second-order valence-corrected chi connectivity index (χ2v) is 4.36. The molecule has 1 unspecified atom stereocenters. The molecule has 1 aliphatic rings. The van der Waals surface area contributed by atoms with E-state index in [-0.39, 0.29) is 18.4 Å². The van der Waals surface area contributed by atoms with Gasteiger partial charge in [-0.15, -0.1) is 0 Å². The van der Waals surface area contributed by atoms with Gasteiger partial charge in [0.15, 0.2) is 5.89 Å². The van der Waals surface area contributed by atoms with E-state index in [1.807, 2.05) is 6.92 Å². The molecule has 1 saturated heterocycles. The molecule has 0 radical (unpaired) electrons. The van der Waals surface area contributed by atoms with Gasteiger partial charge in [-0.2, -0.15) is 0 Å². The molecule has 0 saturated carbocycles. The molecule has 1 N–H and O–H groups in total. The number of amides is 1. The smallest absolute Gasteiger partial charge is 0.227 e. The fourth-order valence-electron chi connectivity index (χ4n) is 1.98. The van der Waals surface area contributed by atoms with E-state index in [2.05, 4.69) is 10.3 Å². The number of aromatic nitrogens is 1. The molecule has 2 rings (SSSR count). The first-order valence-electron chi connectivity index (χ1n) is 5.96. The second kappa shape index (κ2) is 5.31. The number of carbonyl (C=O) groups excluding carboxylic acids is 1. The van der Waals surface area contributed by atoms with Gasteiger partial charge in [-0.1, -0.05) is 0 Å². The Morgan fingerprint density at radius 1 is 1.53 bits per heavy atom. The Balaban J connectivity index is 1.78. The fraction of sp³-hybridized carbons (Fsp3) is 0.667. The van der Waals surface area contributed by atoms with Crippen LogP contribution >= 0.6 is 0 Å². The minimum atomic E-state index is -0.0419. The third-order valence-corrected chi connectivity index (χ3v) is 2.87. The molecular weight excluding hydrogens is 220 g/mol. The first-order chi connectivity index (χ1) is 8.15. The van der Waals surface area contributed by atoms with Crippen molar-refractivity contribution < 1.29 is 13.9 Å². The highest BCUT2D eigenvalue weighted by Crippen LogP contribution is 2.12. The van der Waals surface area contributed by atoms with Crippen molar-refractivity contribution >= 4 is 5.91 Å².